The third kappa shape index (κ3) is 3.80. The molecule has 0 spiro atoms. The predicted octanol–water partition coefficient (Wildman–Crippen LogP) is 2.06. The summed E-state index contributed by atoms with van der Waals surface area (Å²) in [7, 11) is 0. The van der Waals surface area contributed by atoms with E-state index in [1.165, 1.54) is 10.9 Å². The summed E-state index contributed by atoms with van der Waals surface area (Å²) in [6, 6.07) is 0. The first-order valence-corrected chi connectivity index (χ1v) is 5.07. The Labute approximate surface area is 91.1 Å². The normalized spacial score (nSPS) is 14.1. The van der Waals surface area contributed by atoms with Crippen molar-refractivity contribution >= 4 is 0 Å². The summed E-state index contributed by atoms with van der Waals surface area (Å²) in [6.07, 6.45) is -4.70. The second-order valence-electron chi connectivity index (χ2n) is 3.55. The lowest BCUT2D eigenvalue weighted by molar-refractivity contribution is -0.140. The van der Waals surface area contributed by atoms with Crippen molar-refractivity contribution in [2.24, 2.45) is 0 Å². The van der Waals surface area contributed by atoms with E-state index in [2.05, 4.69) is 10.3 Å². The Bertz CT molecular complexity index is 324. The zero-order valence-corrected chi connectivity index (χ0v) is 8.91. The number of aliphatic hydroxyl groups excluding tert-OH is 1. The van der Waals surface area contributed by atoms with Gasteiger partial charge in [-0.05, 0) is 12.8 Å². The number of aryl methyl sites for hydroxylation is 1. The van der Waals surface area contributed by atoms with Crippen LogP contribution in [-0.2, 0) is 6.54 Å². The molecule has 1 atom stereocenters. The van der Waals surface area contributed by atoms with E-state index in [0.29, 0.717) is 12.2 Å². The summed E-state index contributed by atoms with van der Waals surface area (Å²) >= 11 is 0. The van der Waals surface area contributed by atoms with E-state index < -0.39 is 18.7 Å². The Balaban J connectivity index is 2.58. The highest BCUT2D eigenvalue weighted by Crippen LogP contribution is 2.27. The number of alkyl halides is 3. The summed E-state index contributed by atoms with van der Waals surface area (Å²) < 4.78 is 37.3. The Hall–Kier alpha value is -1.11. The van der Waals surface area contributed by atoms with E-state index in [-0.39, 0.29) is 6.42 Å². The molecule has 1 aromatic heterocycles. The van der Waals surface area contributed by atoms with Crippen molar-refractivity contribution < 1.29 is 18.3 Å². The van der Waals surface area contributed by atoms with Gasteiger partial charge in [0.1, 0.15) is 0 Å². The Morgan fingerprint density at radius 1 is 1.50 bits per heavy atom. The van der Waals surface area contributed by atoms with E-state index in [1.54, 1.807) is 0 Å². The zero-order chi connectivity index (χ0) is 12.2. The Morgan fingerprint density at radius 2 is 2.19 bits per heavy atom. The molecule has 0 saturated heterocycles. The fraction of sp³-hybridized carbons (Fsp3) is 0.778. The maximum Gasteiger partial charge on any atom is 0.389 e. The van der Waals surface area contributed by atoms with Gasteiger partial charge >= 0.3 is 6.18 Å². The number of aliphatic hydroxyl groups is 1. The van der Waals surface area contributed by atoms with Crippen LogP contribution in [0.15, 0.2) is 6.20 Å². The first-order chi connectivity index (χ1) is 7.44. The van der Waals surface area contributed by atoms with Crippen LogP contribution in [0, 0.1) is 0 Å². The van der Waals surface area contributed by atoms with E-state index in [1.807, 2.05) is 6.92 Å². The molecule has 1 aromatic rings. The second-order valence-corrected chi connectivity index (χ2v) is 3.55. The third-order valence-electron chi connectivity index (χ3n) is 2.13. The van der Waals surface area contributed by atoms with Gasteiger partial charge in [0.15, 0.2) is 0 Å². The number of hydrogen-bond acceptors (Lipinski definition) is 3. The monoisotopic (exact) mass is 237 g/mol. The summed E-state index contributed by atoms with van der Waals surface area (Å²) in [4.78, 5) is 0. The van der Waals surface area contributed by atoms with Crippen molar-refractivity contribution in [3.63, 3.8) is 0 Å². The summed E-state index contributed by atoms with van der Waals surface area (Å²) in [5, 5.41) is 16.9. The molecular weight excluding hydrogens is 223 g/mol. The minimum Gasteiger partial charge on any atom is -0.387 e. The average Bonchev–Trinajstić information content (AvgIpc) is 2.62. The minimum absolute atomic E-state index is 0.339. The molecule has 0 radical (unpaired) electrons. The minimum atomic E-state index is -4.25. The number of rotatable bonds is 5. The van der Waals surface area contributed by atoms with Gasteiger partial charge in [0, 0.05) is 13.0 Å². The summed E-state index contributed by atoms with van der Waals surface area (Å²) in [6.45, 7) is 2.45. The number of nitrogens with zero attached hydrogens (tertiary/aromatic N) is 3. The van der Waals surface area contributed by atoms with Crippen molar-refractivity contribution in [3.8, 4) is 0 Å². The van der Waals surface area contributed by atoms with Crippen molar-refractivity contribution in [3.05, 3.63) is 11.9 Å². The van der Waals surface area contributed by atoms with Gasteiger partial charge in [-0.15, -0.1) is 5.10 Å². The molecule has 0 aliphatic heterocycles. The van der Waals surface area contributed by atoms with Crippen molar-refractivity contribution in [2.45, 2.75) is 45.0 Å². The third-order valence-corrected chi connectivity index (χ3v) is 2.13. The molecule has 0 aliphatic rings. The SMILES string of the molecule is CCCn1nncc1C(O)CCC(F)(F)F. The standard InChI is InChI=1S/C9H14F3N3O/c1-2-5-15-7(6-13-14-15)8(16)3-4-9(10,11)12/h6,8,16H,2-5H2,1H3. The van der Waals surface area contributed by atoms with Crippen LogP contribution in [0.5, 0.6) is 0 Å². The van der Waals surface area contributed by atoms with Crippen LogP contribution >= 0.6 is 0 Å². The molecule has 1 N–H and O–H groups in total. The number of halogens is 3. The average molecular weight is 237 g/mol. The highest BCUT2D eigenvalue weighted by Gasteiger charge is 2.29. The van der Waals surface area contributed by atoms with Crippen molar-refractivity contribution in [2.75, 3.05) is 0 Å². The van der Waals surface area contributed by atoms with Gasteiger partial charge in [0.05, 0.1) is 18.0 Å². The van der Waals surface area contributed by atoms with E-state index >= 15 is 0 Å². The molecule has 1 heterocycles. The fourth-order valence-electron chi connectivity index (χ4n) is 1.36. The number of hydrogen-bond donors (Lipinski definition) is 1. The van der Waals surface area contributed by atoms with E-state index in [4.69, 9.17) is 0 Å². The van der Waals surface area contributed by atoms with Gasteiger partial charge in [0.25, 0.3) is 0 Å². The molecule has 7 heteroatoms. The maximum absolute atomic E-state index is 12.0. The van der Waals surface area contributed by atoms with Gasteiger partial charge < -0.3 is 5.11 Å². The van der Waals surface area contributed by atoms with E-state index in [9.17, 15) is 18.3 Å². The van der Waals surface area contributed by atoms with E-state index in [0.717, 1.165) is 6.42 Å². The van der Waals surface area contributed by atoms with Crippen molar-refractivity contribution in [1.82, 2.24) is 15.0 Å². The van der Waals surface area contributed by atoms with Gasteiger partial charge in [0.2, 0.25) is 0 Å². The van der Waals surface area contributed by atoms with Gasteiger partial charge in [-0.25, -0.2) is 4.68 Å². The second kappa shape index (κ2) is 5.29. The molecule has 92 valence electrons. The predicted molar refractivity (Wildman–Crippen MR) is 50.6 cm³/mol. The topological polar surface area (TPSA) is 50.9 Å². The first kappa shape index (κ1) is 13.0. The molecule has 0 bridgehead atoms. The van der Waals surface area contributed by atoms with Gasteiger partial charge in [-0.3, -0.25) is 0 Å². The first-order valence-electron chi connectivity index (χ1n) is 5.07. The highest BCUT2D eigenvalue weighted by molar-refractivity contribution is 4.98. The Morgan fingerprint density at radius 3 is 2.75 bits per heavy atom. The molecule has 1 rings (SSSR count). The molecular formula is C9H14F3N3O. The van der Waals surface area contributed by atoms with Crippen molar-refractivity contribution in [1.29, 1.82) is 0 Å². The quantitative estimate of drug-likeness (QED) is 0.852. The Kier molecular flexibility index (Phi) is 4.28. The van der Waals surface area contributed by atoms with Crippen LogP contribution in [0.2, 0.25) is 0 Å². The molecule has 16 heavy (non-hydrogen) atoms. The summed E-state index contributed by atoms with van der Waals surface area (Å²) in [5.41, 5.74) is 0.339. The lowest BCUT2D eigenvalue weighted by Gasteiger charge is -2.13. The van der Waals surface area contributed by atoms with Crippen LogP contribution in [0.1, 0.15) is 38.0 Å². The molecule has 4 nitrogen and oxygen atoms in total. The molecule has 0 amide bonds. The van der Waals surface area contributed by atoms with Crippen LogP contribution in [-0.4, -0.2) is 26.3 Å². The number of aromatic nitrogens is 3. The molecule has 0 aromatic carbocycles. The zero-order valence-electron chi connectivity index (χ0n) is 8.91. The van der Waals surface area contributed by atoms with Crippen LogP contribution in [0.3, 0.4) is 0 Å². The molecule has 0 aliphatic carbocycles. The highest BCUT2D eigenvalue weighted by atomic mass is 19.4. The molecule has 0 saturated carbocycles. The lowest BCUT2D eigenvalue weighted by atomic mass is 10.1. The smallest absolute Gasteiger partial charge is 0.387 e. The summed E-state index contributed by atoms with van der Waals surface area (Å²) in [5.74, 6) is 0. The van der Waals surface area contributed by atoms with Gasteiger partial charge in [-0.1, -0.05) is 12.1 Å². The molecule has 1 unspecified atom stereocenters. The lowest BCUT2D eigenvalue weighted by Crippen LogP contribution is -2.13. The van der Waals surface area contributed by atoms with Gasteiger partial charge in [-0.2, -0.15) is 13.2 Å². The molecule has 0 fully saturated rings. The maximum atomic E-state index is 12.0. The van der Waals surface area contributed by atoms with Crippen LogP contribution in [0.4, 0.5) is 13.2 Å². The van der Waals surface area contributed by atoms with Crippen LogP contribution in [0.25, 0.3) is 0 Å². The fourth-order valence-corrected chi connectivity index (χ4v) is 1.36. The van der Waals surface area contributed by atoms with Crippen LogP contribution < -0.4 is 0 Å². The largest absolute Gasteiger partial charge is 0.389 e.